The highest BCUT2D eigenvalue weighted by Gasteiger charge is 2.33. The van der Waals surface area contributed by atoms with Crippen LogP contribution in [0.1, 0.15) is 6.92 Å². The van der Waals surface area contributed by atoms with Crippen LogP contribution in [0.15, 0.2) is 24.3 Å². The zero-order valence-electron chi connectivity index (χ0n) is 10.2. The number of carboxylic acid groups (broad SMARTS) is 1. The second-order valence-corrected chi connectivity index (χ2v) is 3.92. The largest absolute Gasteiger partial charge is 0.497 e. The van der Waals surface area contributed by atoms with Gasteiger partial charge in [0.25, 0.3) is 0 Å². The van der Waals surface area contributed by atoms with Gasteiger partial charge in [-0.05, 0) is 31.2 Å². The SMILES string of the molecule is COCC(C)(Nc1ccc(OC)cc1)C(=O)O. The van der Waals surface area contributed by atoms with Crippen molar-refractivity contribution < 1.29 is 19.4 Å². The fourth-order valence-corrected chi connectivity index (χ4v) is 1.43. The van der Waals surface area contributed by atoms with Gasteiger partial charge in [0, 0.05) is 12.8 Å². The van der Waals surface area contributed by atoms with E-state index in [4.69, 9.17) is 14.6 Å². The van der Waals surface area contributed by atoms with Crippen molar-refractivity contribution in [2.45, 2.75) is 12.5 Å². The number of carboxylic acids is 1. The van der Waals surface area contributed by atoms with Gasteiger partial charge in [-0.15, -0.1) is 0 Å². The van der Waals surface area contributed by atoms with E-state index in [1.54, 1.807) is 38.3 Å². The first-order valence-corrected chi connectivity index (χ1v) is 5.16. The van der Waals surface area contributed by atoms with Crippen LogP contribution in [-0.4, -0.2) is 37.4 Å². The molecule has 5 nitrogen and oxygen atoms in total. The molecule has 0 heterocycles. The number of methoxy groups -OCH3 is 2. The molecule has 0 saturated heterocycles. The zero-order chi connectivity index (χ0) is 12.9. The lowest BCUT2D eigenvalue weighted by molar-refractivity contribution is -0.143. The number of aliphatic carboxylic acids is 1. The van der Waals surface area contributed by atoms with Gasteiger partial charge in [-0.2, -0.15) is 0 Å². The van der Waals surface area contributed by atoms with Gasteiger partial charge in [0.1, 0.15) is 5.75 Å². The Morgan fingerprint density at radius 3 is 2.35 bits per heavy atom. The number of carbonyl (C=O) groups is 1. The Hall–Kier alpha value is -1.75. The molecule has 0 fully saturated rings. The van der Waals surface area contributed by atoms with E-state index in [0.29, 0.717) is 5.69 Å². The van der Waals surface area contributed by atoms with E-state index >= 15 is 0 Å². The molecule has 0 spiro atoms. The number of hydrogen-bond acceptors (Lipinski definition) is 4. The molecule has 0 saturated carbocycles. The van der Waals surface area contributed by atoms with Crippen molar-refractivity contribution in [2.75, 3.05) is 26.1 Å². The molecule has 17 heavy (non-hydrogen) atoms. The number of ether oxygens (including phenoxy) is 2. The summed E-state index contributed by atoms with van der Waals surface area (Å²) in [6.45, 7) is 1.65. The van der Waals surface area contributed by atoms with Gasteiger partial charge >= 0.3 is 5.97 Å². The van der Waals surface area contributed by atoms with Crippen LogP contribution in [0.2, 0.25) is 0 Å². The lowest BCUT2D eigenvalue weighted by Gasteiger charge is -2.26. The molecular formula is C12H17NO4. The topological polar surface area (TPSA) is 67.8 Å². The quantitative estimate of drug-likeness (QED) is 0.789. The summed E-state index contributed by atoms with van der Waals surface area (Å²) in [5.74, 6) is -0.241. The van der Waals surface area contributed by atoms with Crippen LogP contribution < -0.4 is 10.1 Å². The third-order valence-electron chi connectivity index (χ3n) is 2.42. The normalized spacial score (nSPS) is 13.8. The molecule has 1 unspecified atom stereocenters. The number of hydrogen-bond donors (Lipinski definition) is 2. The molecule has 1 aromatic rings. The van der Waals surface area contributed by atoms with Gasteiger partial charge in [-0.3, -0.25) is 0 Å². The zero-order valence-corrected chi connectivity index (χ0v) is 10.2. The maximum absolute atomic E-state index is 11.2. The van der Waals surface area contributed by atoms with Crippen LogP contribution in [0, 0.1) is 0 Å². The molecule has 5 heteroatoms. The van der Waals surface area contributed by atoms with E-state index in [0.717, 1.165) is 5.75 Å². The Morgan fingerprint density at radius 2 is 1.94 bits per heavy atom. The maximum atomic E-state index is 11.2. The Kier molecular flexibility index (Phi) is 4.34. The third-order valence-corrected chi connectivity index (χ3v) is 2.42. The molecular weight excluding hydrogens is 222 g/mol. The fraction of sp³-hybridized carbons (Fsp3) is 0.417. The van der Waals surface area contributed by atoms with Gasteiger partial charge in [-0.25, -0.2) is 4.79 Å². The summed E-state index contributed by atoms with van der Waals surface area (Å²) in [7, 11) is 3.05. The molecule has 2 N–H and O–H groups in total. The average molecular weight is 239 g/mol. The van der Waals surface area contributed by atoms with Gasteiger partial charge in [0.05, 0.1) is 13.7 Å². The minimum Gasteiger partial charge on any atom is -0.497 e. The second-order valence-electron chi connectivity index (χ2n) is 3.92. The summed E-state index contributed by atoms with van der Waals surface area (Å²) in [5, 5.41) is 12.1. The van der Waals surface area contributed by atoms with Crippen LogP contribution >= 0.6 is 0 Å². The van der Waals surface area contributed by atoms with E-state index in [1.807, 2.05) is 0 Å². The predicted molar refractivity (Wildman–Crippen MR) is 64.5 cm³/mol. The number of benzene rings is 1. The lowest BCUT2D eigenvalue weighted by atomic mass is 10.0. The highest BCUT2D eigenvalue weighted by atomic mass is 16.5. The van der Waals surface area contributed by atoms with Crippen LogP contribution in [0.3, 0.4) is 0 Å². The fourth-order valence-electron chi connectivity index (χ4n) is 1.43. The van der Waals surface area contributed by atoms with Crippen LogP contribution in [-0.2, 0) is 9.53 Å². The van der Waals surface area contributed by atoms with E-state index in [1.165, 1.54) is 7.11 Å². The summed E-state index contributed by atoms with van der Waals surface area (Å²) in [5.41, 5.74) is -0.448. The van der Waals surface area contributed by atoms with Gasteiger partial charge in [-0.1, -0.05) is 0 Å². The molecule has 1 rings (SSSR count). The predicted octanol–water partition coefficient (Wildman–Crippen LogP) is 1.60. The number of anilines is 1. The van der Waals surface area contributed by atoms with Crippen molar-refractivity contribution in [3.8, 4) is 5.75 Å². The Labute approximate surface area is 100 Å². The molecule has 0 aromatic heterocycles. The van der Waals surface area contributed by atoms with Crippen molar-refractivity contribution in [3.05, 3.63) is 24.3 Å². The van der Waals surface area contributed by atoms with Crippen molar-refractivity contribution in [1.82, 2.24) is 0 Å². The number of nitrogens with one attached hydrogen (secondary N) is 1. The smallest absolute Gasteiger partial charge is 0.331 e. The minimum absolute atomic E-state index is 0.0777. The highest BCUT2D eigenvalue weighted by molar-refractivity contribution is 5.82. The van der Waals surface area contributed by atoms with Gasteiger partial charge < -0.3 is 19.9 Å². The number of rotatable bonds is 6. The standard InChI is InChI=1S/C12H17NO4/c1-12(8-16-2,11(14)15)13-9-4-6-10(17-3)7-5-9/h4-7,13H,8H2,1-3H3,(H,14,15). The Balaban J connectivity index is 2.82. The highest BCUT2D eigenvalue weighted by Crippen LogP contribution is 2.19. The van der Waals surface area contributed by atoms with E-state index in [2.05, 4.69) is 5.32 Å². The molecule has 0 aliphatic rings. The monoisotopic (exact) mass is 239 g/mol. The third kappa shape index (κ3) is 3.35. The van der Waals surface area contributed by atoms with Crippen LogP contribution in [0.5, 0.6) is 5.75 Å². The molecule has 94 valence electrons. The maximum Gasteiger partial charge on any atom is 0.331 e. The summed E-state index contributed by atoms with van der Waals surface area (Å²) >= 11 is 0. The molecule has 0 aliphatic carbocycles. The molecule has 0 aliphatic heterocycles. The summed E-state index contributed by atoms with van der Waals surface area (Å²) in [4.78, 5) is 11.2. The van der Waals surface area contributed by atoms with Crippen LogP contribution in [0.25, 0.3) is 0 Å². The minimum atomic E-state index is -1.15. The summed E-state index contributed by atoms with van der Waals surface area (Å²) in [6, 6.07) is 7.04. The molecule has 0 radical (unpaired) electrons. The van der Waals surface area contributed by atoms with Crippen molar-refractivity contribution in [1.29, 1.82) is 0 Å². The summed E-state index contributed by atoms with van der Waals surface area (Å²) < 4.78 is 9.94. The summed E-state index contributed by atoms with van der Waals surface area (Å²) in [6.07, 6.45) is 0. The van der Waals surface area contributed by atoms with Crippen molar-refractivity contribution >= 4 is 11.7 Å². The molecule has 1 atom stereocenters. The molecule has 0 amide bonds. The van der Waals surface area contributed by atoms with Gasteiger partial charge in [0.2, 0.25) is 0 Å². The first-order chi connectivity index (χ1) is 8.01. The first-order valence-electron chi connectivity index (χ1n) is 5.16. The van der Waals surface area contributed by atoms with Crippen LogP contribution in [0.4, 0.5) is 5.69 Å². The second kappa shape index (κ2) is 5.54. The molecule has 1 aromatic carbocycles. The lowest BCUT2D eigenvalue weighted by Crippen LogP contribution is -2.47. The average Bonchev–Trinajstić information content (AvgIpc) is 2.30. The molecule has 0 bridgehead atoms. The van der Waals surface area contributed by atoms with Gasteiger partial charge in [0.15, 0.2) is 5.54 Å². The Morgan fingerprint density at radius 1 is 1.35 bits per heavy atom. The Bertz CT molecular complexity index is 377. The van der Waals surface area contributed by atoms with Crippen molar-refractivity contribution in [2.24, 2.45) is 0 Å². The van der Waals surface area contributed by atoms with E-state index in [-0.39, 0.29) is 6.61 Å². The van der Waals surface area contributed by atoms with Crippen molar-refractivity contribution in [3.63, 3.8) is 0 Å². The first kappa shape index (κ1) is 13.3. The van der Waals surface area contributed by atoms with E-state index in [9.17, 15) is 4.79 Å². The van der Waals surface area contributed by atoms with E-state index < -0.39 is 11.5 Å².